The quantitative estimate of drug-likeness (QED) is 0.161. The molecule has 6 aromatic carbocycles. The second-order valence-corrected chi connectivity index (χ2v) is 12.7. The Morgan fingerprint density at radius 2 is 0.574 bits per heavy atom. The van der Waals surface area contributed by atoms with Crippen LogP contribution >= 0.6 is 34.8 Å². The SMILES string of the molecule is Clc1ccc(-c2nc(-c3ccccc3)nc(-c3ccccc3)n2)cc1.Clc1nc(-c2ccccc2)nc(-c2ccccc2)n1.OB(O)c1ccc(Cl)cc1. The Labute approximate surface area is 328 Å². The van der Waals surface area contributed by atoms with E-state index in [0.29, 0.717) is 44.6 Å². The van der Waals surface area contributed by atoms with Gasteiger partial charge in [-0.05, 0) is 53.5 Å². The highest BCUT2D eigenvalue weighted by Gasteiger charge is 2.12. The van der Waals surface area contributed by atoms with Crippen molar-refractivity contribution in [2.24, 2.45) is 0 Å². The molecule has 2 N–H and O–H groups in total. The van der Waals surface area contributed by atoms with Gasteiger partial charge >= 0.3 is 7.12 Å². The summed E-state index contributed by atoms with van der Waals surface area (Å²) in [6.45, 7) is 0. The van der Waals surface area contributed by atoms with E-state index in [2.05, 4.69) is 29.9 Å². The summed E-state index contributed by atoms with van der Waals surface area (Å²) in [6.07, 6.45) is 0. The lowest BCUT2D eigenvalue weighted by molar-refractivity contribution is 0.426. The van der Waals surface area contributed by atoms with E-state index >= 15 is 0 Å². The summed E-state index contributed by atoms with van der Waals surface area (Å²) in [7, 11) is -1.41. The third-order valence-corrected chi connectivity index (χ3v) is 8.32. The molecule has 0 spiro atoms. The molecule has 264 valence electrons. The van der Waals surface area contributed by atoms with Gasteiger partial charge in [-0.2, -0.15) is 9.97 Å². The van der Waals surface area contributed by atoms with Crippen molar-refractivity contribution in [3.8, 4) is 56.9 Å². The average molecular weight is 768 g/mol. The second-order valence-electron chi connectivity index (χ2n) is 11.5. The van der Waals surface area contributed by atoms with Crippen molar-refractivity contribution in [1.29, 1.82) is 0 Å². The van der Waals surface area contributed by atoms with E-state index in [0.717, 1.165) is 27.8 Å². The van der Waals surface area contributed by atoms with E-state index in [9.17, 15) is 0 Å². The molecular weight excluding hydrogens is 738 g/mol. The Bertz CT molecular complexity index is 2260. The molecule has 0 aliphatic rings. The predicted molar refractivity (Wildman–Crippen MR) is 218 cm³/mol. The first-order valence-electron chi connectivity index (χ1n) is 16.6. The molecule has 0 fully saturated rings. The monoisotopic (exact) mass is 766 g/mol. The van der Waals surface area contributed by atoms with Crippen molar-refractivity contribution >= 4 is 47.4 Å². The number of rotatable bonds is 6. The zero-order chi connectivity index (χ0) is 37.7. The van der Waals surface area contributed by atoms with Gasteiger partial charge in [-0.25, -0.2) is 19.9 Å². The van der Waals surface area contributed by atoms with Crippen LogP contribution in [0.25, 0.3) is 56.9 Å². The normalized spacial score (nSPS) is 10.3. The molecule has 0 atom stereocenters. The maximum absolute atomic E-state index is 8.63. The van der Waals surface area contributed by atoms with Crippen molar-refractivity contribution in [2.75, 3.05) is 0 Å². The molecule has 0 saturated heterocycles. The molecule has 0 radical (unpaired) electrons. The van der Waals surface area contributed by atoms with Crippen molar-refractivity contribution in [3.05, 3.63) is 185 Å². The molecule has 0 saturated carbocycles. The minimum Gasteiger partial charge on any atom is -0.423 e. The molecule has 0 bridgehead atoms. The van der Waals surface area contributed by atoms with Gasteiger partial charge in [0.2, 0.25) is 5.28 Å². The molecular formula is C42H30BCl3N6O2. The minimum absolute atomic E-state index is 0.202. The van der Waals surface area contributed by atoms with Gasteiger partial charge in [-0.15, -0.1) is 0 Å². The molecule has 54 heavy (non-hydrogen) atoms. The molecule has 12 heteroatoms. The van der Waals surface area contributed by atoms with Crippen LogP contribution in [-0.2, 0) is 0 Å². The summed E-state index contributed by atoms with van der Waals surface area (Å²) in [5.74, 6) is 3.10. The van der Waals surface area contributed by atoms with Gasteiger partial charge < -0.3 is 10.0 Å². The van der Waals surface area contributed by atoms with Crippen molar-refractivity contribution < 1.29 is 10.0 Å². The number of nitrogens with zero attached hydrogens (tertiary/aromatic N) is 6. The summed E-state index contributed by atoms with van der Waals surface area (Å²) in [6, 6.07) is 53.1. The number of benzene rings is 6. The fraction of sp³-hybridized carbons (Fsp3) is 0. The fourth-order valence-corrected chi connectivity index (χ4v) is 5.37. The van der Waals surface area contributed by atoms with E-state index in [1.165, 1.54) is 0 Å². The topological polar surface area (TPSA) is 118 Å². The molecule has 2 aromatic heterocycles. The highest BCUT2D eigenvalue weighted by atomic mass is 35.5. The predicted octanol–water partition coefficient (Wildman–Crippen LogP) is 9.40. The lowest BCUT2D eigenvalue weighted by Gasteiger charge is -2.08. The molecule has 2 heterocycles. The molecule has 0 aliphatic heterocycles. The van der Waals surface area contributed by atoms with Crippen LogP contribution in [0.4, 0.5) is 0 Å². The average Bonchev–Trinajstić information content (AvgIpc) is 3.23. The van der Waals surface area contributed by atoms with E-state index in [1.807, 2.05) is 146 Å². The fourth-order valence-electron chi connectivity index (χ4n) is 4.95. The summed E-state index contributed by atoms with van der Waals surface area (Å²) >= 11 is 17.5. The first-order chi connectivity index (χ1) is 26.3. The summed E-state index contributed by atoms with van der Waals surface area (Å²) in [4.78, 5) is 26.8. The first-order valence-corrected chi connectivity index (χ1v) is 17.7. The number of aromatic nitrogens is 6. The molecule has 0 amide bonds. The standard InChI is InChI=1S/C21H14ClN3.C15H10ClN3.C6H6BClO2/c22-18-13-11-17(12-14-18)21-24-19(15-7-3-1-4-8-15)23-20(25-21)16-9-5-2-6-10-16;16-15-18-13(11-7-3-1-4-8-11)17-14(19-15)12-9-5-2-6-10-12;8-6-3-1-5(2-4-6)7(9)10/h1-14H;1-10H;1-4,9-10H. The zero-order valence-corrected chi connectivity index (χ0v) is 30.7. The Morgan fingerprint density at radius 3 is 0.870 bits per heavy atom. The maximum Gasteiger partial charge on any atom is 0.488 e. The summed E-state index contributed by atoms with van der Waals surface area (Å²) in [5, 5.41) is 18.7. The second kappa shape index (κ2) is 18.8. The maximum atomic E-state index is 8.63. The van der Waals surface area contributed by atoms with Gasteiger partial charge in [0.25, 0.3) is 0 Å². The third kappa shape index (κ3) is 10.6. The van der Waals surface area contributed by atoms with Crippen molar-refractivity contribution in [3.63, 3.8) is 0 Å². The Hall–Kier alpha value is -5.81. The lowest BCUT2D eigenvalue weighted by Crippen LogP contribution is -2.29. The summed E-state index contributed by atoms with van der Waals surface area (Å²) in [5.41, 5.74) is 5.10. The molecule has 0 unspecified atom stereocenters. The Morgan fingerprint density at radius 1 is 0.315 bits per heavy atom. The Kier molecular flexibility index (Phi) is 13.2. The van der Waals surface area contributed by atoms with Gasteiger partial charge in [0.05, 0.1) is 0 Å². The van der Waals surface area contributed by atoms with Crippen molar-refractivity contribution in [1.82, 2.24) is 29.9 Å². The van der Waals surface area contributed by atoms with Crippen molar-refractivity contribution in [2.45, 2.75) is 0 Å². The smallest absolute Gasteiger partial charge is 0.423 e. The lowest BCUT2D eigenvalue weighted by atomic mass is 9.81. The van der Waals surface area contributed by atoms with Crippen LogP contribution < -0.4 is 5.46 Å². The number of hydrogen-bond donors (Lipinski definition) is 2. The van der Waals surface area contributed by atoms with Gasteiger partial charge in [-0.3, -0.25) is 0 Å². The van der Waals surface area contributed by atoms with Crippen LogP contribution in [0.5, 0.6) is 0 Å². The van der Waals surface area contributed by atoms with Crippen LogP contribution in [-0.4, -0.2) is 47.1 Å². The Balaban J connectivity index is 0.000000151. The van der Waals surface area contributed by atoms with Crippen LogP contribution in [0.1, 0.15) is 0 Å². The van der Waals surface area contributed by atoms with Crippen LogP contribution in [0.3, 0.4) is 0 Å². The number of hydrogen-bond acceptors (Lipinski definition) is 8. The van der Waals surface area contributed by atoms with E-state index in [4.69, 9.17) is 44.9 Å². The molecule has 0 aliphatic carbocycles. The van der Waals surface area contributed by atoms with E-state index in [1.54, 1.807) is 24.3 Å². The highest BCUT2D eigenvalue weighted by Crippen LogP contribution is 2.25. The van der Waals surface area contributed by atoms with Crippen LogP contribution in [0.15, 0.2) is 170 Å². The van der Waals surface area contributed by atoms with Crippen LogP contribution in [0, 0.1) is 0 Å². The van der Waals surface area contributed by atoms with Crippen LogP contribution in [0.2, 0.25) is 15.3 Å². The van der Waals surface area contributed by atoms with Gasteiger partial charge in [0.15, 0.2) is 29.1 Å². The third-order valence-electron chi connectivity index (χ3n) is 7.64. The number of halogens is 3. The molecule has 8 nitrogen and oxygen atoms in total. The first kappa shape index (κ1) is 37.9. The van der Waals surface area contributed by atoms with Gasteiger partial charge in [0, 0.05) is 37.9 Å². The zero-order valence-electron chi connectivity index (χ0n) is 28.5. The van der Waals surface area contributed by atoms with Gasteiger partial charge in [0.1, 0.15) is 0 Å². The minimum atomic E-state index is -1.41. The molecule has 8 aromatic rings. The van der Waals surface area contributed by atoms with E-state index < -0.39 is 7.12 Å². The van der Waals surface area contributed by atoms with Gasteiger partial charge in [-0.1, -0.05) is 157 Å². The largest absolute Gasteiger partial charge is 0.488 e. The highest BCUT2D eigenvalue weighted by molar-refractivity contribution is 6.58. The van der Waals surface area contributed by atoms with E-state index in [-0.39, 0.29) is 5.28 Å². The summed E-state index contributed by atoms with van der Waals surface area (Å²) < 4.78 is 0. The molecule has 8 rings (SSSR count).